The summed E-state index contributed by atoms with van der Waals surface area (Å²) in [5.74, 6) is 0.450. The van der Waals surface area contributed by atoms with Crippen molar-refractivity contribution in [1.82, 2.24) is 5.32 Å². The molecule has 1 saturated heterocycles. The zero-order valence-electron chi connectivity index (χ0n) is 11.7. The van der Waals surface area contributed by atoms with E-state index in [4.69, 9.17) is 10.00 Å². The number of rotatable bonds is 4. The van der Waals surface area contributed by atoms with Gasteiger partial charge in [0.25, 0.3) is 0 Å². The second-order valence-electron chi connectivity index (χ2n) is 5.52. The number of hydrogen-bond donors (Lipinski definition) is 1. The minimum atomic E-state index is 0.450. The number of nitrogens with one attached hydrogen (secondary N) is 1. The second kappa shape index (κ2) is 6.70. The van der Waals surface area contributed by atoms with Crippen LogP contribution < -0.4 is 5.32 Å². The smallest absolute Gasteiger partial charge is 0.0994 e. The predicted octanol–water partition coefficient (Wildman–Crippen LogP) is 2.50. The van der Waals surface area contributed by atoms with E-state index in [9.17, 15) is 0 Å². The highest BCUT2D eigenvalue weighted by atomic mass is 16.5. The van der Waals surface area contributed by atoms with Gasteiger partial charge >= 0.3 is 0 Å². The third-order valence-corrected chi connectivity index (χ3v) is 3.64. The molecule has 0 bridgehead atoms. The van der Waals surface area contributed by atoms with E-state index in [1.165, 1.54) is 0 Å². The summed E-state index contributed by atoms with van der Waals surface area (Å²) in [6.07, 6.45) is 1.96. The van der Waals surface area contributed by atoms with Gasteiger partial charge in [0.15, 0.2) is 0 Å². The van der Waals surface area contributed by atoms with Gasteiger partial charge in [-0.05, 0) is 24.5 Å². The number of ether oxygens (including phenoxy) is 1. The predicted molar refractivity (Wildman–Crippen MR) is 75.8 cm³/mol. The molecule has 102 valence electrons. The Morgan fingerprint density at radius 3 is 2.95 bits per heavy atom. The number of nitrogens with zero attached hydrogens (tertiary/aromatic N) is 1. The third-order valence-electron chi connectivity index (χ3n) is 3.64. The first-order valence-corrected chi connectivity index (χ1v) is 7.02. The highest BCUT2D eigenvalue weighted by Crippen LogP contribution is 2.22. The zero-order chi connectivity index (χ0) is 13.7. The van der Waals surface area contributed by atoms with E-state index in [-0.39, 0.29) is 0 Å². The summed E-state index contributed by atoms with van der Waals surface area (Å²) >= 11 is 0. The Labute approximate surface area is 115 Å². The summed E-state index contributed by atoms with van der Waals surface area (Å²) in [7, 11) is 0. The van der Waals surface area contributed by atoms with Crippen LogP contribution in [0, 0.1) is 17.2 Å². The molecule has 2 unspecified atom stereocenters. The van der Waals surface area contributed by atoms with Crippen LogP contribution in [-0.4, -0.2) is 25.3 Å². The minimum absolute atomic E-state index is 0.450. The van der Waals surface area contributed by atoms with E-state index < -0.39 is 0 Å². The lowest BCUT2D eigenvalue weighted by atomic mass is 9.87. The van der Waals surface area contributed by atoms with Crippen LogP contribution in [0.25, 0.3) is 0 Å². The standard InChI is InChI=1S/C16H22N2O/c1-12(2)18-16-7-8-19-11-15(16)9-13-5-3-4-6-14(13)10-17/h3-6,12,15-16,18H,7-9,11H2,1-2H3. The summed E-state index contributed by atoms with van der Waals surface area (Å²) in [6, 6.07) is 11.1. The van der Waals surface area contributed by atoms with Crippen LogP contribution in [0.15, 0.2) is 24.3 Å². The Hall–Kier alpha value is -1.37. The topological polar surface area (TPSA) is 45.0 Å². The van der Waals surface area contributed by atoms with Crippen molar-refractivity contribution in [3.63, 3.8) is 0 Å². The molecule has 1 heterocycles. The molecule has 1 aliphatic heterocycles. The molecule has 0 aliphatic carbocycles. The van der Waals surface area contributed by atoms with E-state index in [0.717, 1.165) is 37.2 Å². The Bertz CT molecular complexity index is 450. The average molecular weight is 258 g/mol. The van der Waals surface area contributed by atoms with Gasteiger partial charge in [-0.1, -0.05) is 32.0 Å². The normalized spacial score (nSPS) is 23.3. The summed E-state index contributed by atoms with van der Waals surface area (Å²) in [6.45, 7) is 5.97. The maximum Gasteiger partial charge on any atom is 0.0994 e. The van der Waals surface area contributed by atoms with E-state index in [2.05, 4.69) is 31.3 Å². The molecule has 2 rings (SSSR count). The fourth-order valence-corrected chi connectivity index (χ4v) is 2.74. The van der Waals surface area contributed by atoms with Gasteiger partial charge < -0.3 is 10.1 Å². The Morgan fingerprint density at radius 2 is 2.21 bits per heavy atom. The van der Waals surface area contributed by atoms with Gasteiger partial charge in [0, 0.05) is 24.6 Å². The first kappa shape index (κ1) is 14.0. The number of nitriles is 1. The van der Waals surface area contributed by atoms with Crippen molar-refractivity contribution in [2.24, 2.45) is 5.92 Å². The number of hydrogen-bond acceptors (Lipinski definition) is 3. The average Bonchev–Trinajstić information content (AvgIpc) is 2.41. The van der Waals surface area contributed by atoms with Crippen LogP contribution in [-0.2, 0) is 11.2 Å². The monoisotopic (exact) mass is 258 g/mol. The van der Waals surface area contributed by atoms with Crippen molar-refractivity contribution in [3.8, 4) is 6.07 Å². The lowest BCUT2D eigenvalue weighted by Gasteiger charge is -2.34. The molecule has 19 heavy (non-hydrogen) atoms. The van der Waals surface area contributed by atoms with Crippen LogP contribution in [0.4, 0.5) is 0 Å². The highest BCUT2D eigenvalue weighted by Gasteiger charge is 2.26. The van der Waals surface area contributed by atoms with E-state index in [1.54, 1.807) is 0 Å². The first-order valence-electron chi connectivity index (χ1n) is 7.02. The fraction of sp³-hybridized carbons (Fsp3) is 0.562. The largest absolute Gasteiger partial charge is 0.381 e. The first-order chi connectivity index (χ1) is 9.20. The van der Waals surface area contributed by atoms with Gasteiger partial charge in [0.05, 0.1) is 18.2 Å². The Kier molecular flexibility index (Phi) is 4.95. The Balaban J connectivity index is 2.09. The van der Waals surface area contributed by atoms with Crippen LogP contribution in [0.5, 0.6) is 0 Å². The van der Waals surface area contributed by atoms with Gasteiger partial charge in [-0.2, -0.15) is 5.26 Å². The van der Waals surface area contributed by atoms with Crippen LogP contribution in [0.3, 0.4) is 0 Å². The van der Waals surface area contributed by atoms with Gasteiger partial charge in [-0.3, -0.25) is 0 Å². The SMILES string of the molecule is CC(C)NC1CCOCC1Cc1ccccc1C#N. The van der Waals surface area contributed by atoms with Crippen molar-refractivity contribution in [3.05, 3.63) is 35.4 Å². The maximum absolute atomic E-state index is 9.16. The van der Waals surface area contributed by atoms with Gasteiger partial charge in [0.1, 0.15) is 0 Å². The molecule has 2 atom stereocenters. The molecule has 1 fully saturated rings. The molecule has 1 aromatic carbocycles. The molecule has 0 saturated carbocycles. The molecule has 1 aliphatic rings. The lowest BCUT2D eigenvalue weighted by Crippen LogP contribution is -2.46. The van der Waals surface area contributed by atoms with Crippen LogP contribution >= 0.6 is 0 Å². The lowest BCUT2D eigenvalue weighted by molar-refractivity contribution is 0.0300. The van der Waals surface area contributed by atoms with E-state index in [1.807, 2.05) is 18.2 Å². The van der Waals surface area contributed by atoms with Crippen molar-refractivity contribution in [2.75, 3.05) is 13.2 Å². The van der Waals surface area contributed by atoms with Crippen molar-refractivity contribution >= 4 is 0 Å². The molecule has 0 amide bonds. The molecule has 1 aromatic rings. The second-order valence-corrected chi connectivity index (χ2v) is 5.52. The fourth-order valence-electron chi connectivity index (χ4n) is 2.74. The molecule has 1 N–H and O–H groups in total. The zero-order valence-corrected chi connectivity index (χ0v) is 11.7. The summed E-state index contributed by atoms with van der Waals surface area (Å²) in [5, 5.41) is 12.8. The summed E-state index contributed by atoms with van der Waals surface area (Å²) in [4.78, 5) is 0. The van der Waals surface area contributed by atoms with Gasteiger partial charge in [-0.25, -0.2) is 0 Å². The molecule has 3 nitrogen and oxygen atoms in total. The molecular formula is C16H22N2O. The van der Waals surface area contributed by atoms with Gasteiger partial charge in [-0.15, -0.1) is 0 Å². The highest BCUT2D eigenvalue weighted by molar-refractivity contribution is 5.37. The molecular weight excluding hydrogens is 236 g/mol. The maximum atomic E-state index is 9.16. The van der Waals surface area contributed by atoms with Crippen LogP contribution in [0.2, 0.25) is 0 Å². The van der Waals surface area contributed by atoms with Crippen molar-refractivity contribution in [1.29, 1.82) is 5.26 Å². The van der Waals surface area contributed by atoms with Crippen molar-refractivity contribution in [2.45, 2.75) is 38.8 Å². The third kappa shape index (κ3) is 3.79. The van der Waals surface area contributed by atoms with E-state index >= 15 is 0 Å². The molecule has 0 aromatic heterocycles. The van der Waals surface area contributed by atoms with Crippen molar-refractivity contribution < 1.29 is 4.74 Å². The van der Waals surface area contributed by atoms with Crippen LogP contribution in [0.1, 0.15) is 31.4 Å². The molecule has 0 radical (unpaired) electrons. The number of benzene rings is 1. The molecule has 3 heteroatoms. The Morgan fingerprint density at radius 1 is 1.42 bits per heavy atom. The van der Waals surface area contributed by atoms with Gasteiger partial charge in [0.2, 0.25) is 0 Å². The molecule has 0 spiro atoms. The van der Waals surface area contributed by atoms with E-state index in [0.29, 0.717) is 18.0 Å². The summed E-state index contributed by atoms with van der Waals surface area (Å²) < 4.78 is 5.62. The quantitative estimate of drug-likeness (QED) is 0.902. The summed E-state index contributed by atoms with van der Waals surface area (Å²) in [5.41, 5.74) is 1.92. The minimum Gasteiger partial charge on any atom is -0.381 e.